The third-order valence-corrected chi connectivity index (χ3v) is 5.73. The molecule has 1 amide bonds. The Morgan fingerprint density at radius 2 is 1.67 bits per heavy atom. The lowest BCUT2D eigenvalue weighted by molar-refractivity contribution is 0.0946. The maximum Gasteiger partial charge on any atom is 0.261 e. The molecule has 0 aliphatic heterocycles. The lowest BCUT2D eigenvalue weighted by Gasteiger charge is -2.14. The summed E-state index contributed by atoms with van der Waals surface area (Å²) in [6.45, 7) is 2.11. The number of anilines is 1. The first-order valence-corrected chi connectivity index (χ1v) is 10.7. The number of hydrogen-bond acceptors (Lipinski definition) is 4. The van der Waals surface area contributed by atoms with Crippen LogP contribution in [0.1, 0.15) is 15.9 Å². The molecule has 156 valence electrons. The van der Waals surface area contributed by atoms with E-state index in [-0.39, 0.29) is 29.8 Å². The standard InChI is InChI=1S/C22H21FN2O4S/c1-16-20(22(26)24-14-15-29-18-12-10-17(23)11-13-18)8-5-9-21(16)25-30(27,28)19-6-3-2-4-7-19/h2-13,25H,14-15H2,1H3,(H,24,26). The van der Waals surface area contributed by atoms with Crippen LogP contribution in [0.5, 0.6) is 5.75 Å². The molecule has 2 N–H and O–H groups in total. The van der Waals surface area contributed by atoms with Crippen LogP contribution < -0.4 is 14.8 Å². The van der Waals surface area contributed by atoms with Crippen molar-refractivity contribution in [2.24, 2.45) is 0 Å². The van der Waals surface area contributed by atoms with Crippen LogP contribution in [0.3, 0.4) is 0 Å². The van der Waals surface area contributed by atoms with Crippen LogP contribution in [-0.2, 0) is 10.0 Å². The van der Waals surface area contributed by atoms with Crippen molar-refractivity contribution in [2.75, 3.05) is 17.9 Å². The molecule has 0 spiro atoms. The maximum atomic E-state index is 12.9. The first kappa shape index (κ1) is 21.3. The van der Waals surface area contributed by atoms with Gasteiger partial charge in [0.15, 0.2) is 0 Å². The summed E-state index contributed by atoms with van der Waals surface area (Å²) >= 11 is 0. The molecule has 0 aromatic heterocycles. The molecule has 30 heavy (non-hydrogen) atoms. The molecule has 0 fully saturated rings. The summed E-state index contributed by atoms with van der Waals surface area (Å²) in [6, 6.07) is 18.4. The molecule has 0 radical (unpaired) electrons. The van der Waals surface area contributed by atoms with Gasteiger partial charge in [-0.1, -0.05) is 24.3 Å². The highest BCUT2D eigenvalue weighted by atomic mass is 32.2. The van der Waals surface area contributed by atoms with Crippen LogP contribution in [-0.4, -0.2) is 27.5 Å². The predicted molar refractivity (Wildman–Crippen MR) is 113 cm³/mol. The van der Waals surface area contributed by atoms with Crippen LogP contribution >= 0.6 is 0 Å². The van der Waals surface area contributed by atoms with Crippen molar-refractivity contribution in [1.82, 2.24) is 5.32 Å². The van der Waals surface area contributed by atoms with Crippen molar-refractivity contribution in [3.8, 4) is 5.75 Å². The molecule has 0 atom stereocenters. The Balaban J connectivity index is 1.62. The van der Waals surface area contributed by atoms with E-state index in [9.17, 15) is 17.6 Å². The van der Waals surface area contributed by atoms with Crippen molar-refractivity contribution in [1.29, 1.82) is 0 Å². The van der Waals surface area contributed by atoms with Gasteiger partial charge < -0.3 is 10.1 Å². The average molecular weight is 428 g/mol. The second kappa shape index (κ2) is 9.41. The topological polar surface area (TPSA) is 84.5 Å². The molecular formula is C22H21FN2O4S. The summed E-state index contributed by atoms with van der Waals surface area (Å²) in [5.74, 6) is -0.205. The van der Waals surface area contributed by atoms with Crippen LogP contribution in [0.4, 0.5) is 10.1 Å². The third-order valence-electron chi connectivity index (χ3n) is 4.35. The Morgan fingerprint density at radius 3 is 2.37 bits per heavy atom. The largest absolute Gasteiger partial charge is 0.492 e. The van der Waals surface area contributed by atoms with Crippen LogP contribution in [0.25, 0.3) is 0 Å². The minimum absolute atomic E-state index is 0.136. The number of ether oxygens (including phenoxy) is 1. The quantitative estimate of drug-likeness (QED) is 0.536. The van der Waals surface area contributed by atoms with Crippen molar-refractivity contribution in [3.63, 3.8) is 0 Å². The number of sulfonamides is 1. The van der Waals surface area contributed by atoms with E-state index in [2.05, 4.69) is 10.0 Å². The van der Waals surface area contributed by atoms with Gasteiger partial charge in [-0.3, -0.25) is 9.52 Å². The van der Waals surface area contributed by atoms with E-state index < -0.39 is 10.0 Å². The highest BCUT2D eigenvalue weighted by Gasteiger charge is 2.17. The fourth-order valence-corrected chi connectivity index (χ4v) is 3.90. The van der Waals surface area contributed by atoms with Gasteiger partial charge in [0.25, 0.3) is 15.9 Å². The van der Waals surface area contributed by atoms with Gasteiger partial charge in [-0.05, 0) is 61.0 Å². The van der Waals surface area contributed by atoms with E-state index in [1.54, 1.807) is 43.3 Å². The van der Waals surface area contributed by atoms with Gasteiger partial charge in [-0.15, -0.1) is 0 Å². The molecule has 6 nitrogen and oxygen atoms in total. The van der Waals surface area contributed by atoms with E-state index >= 15 is 0 Å². The molecule has 0 heterocycles. The first-order valence-electron chi connectivity index (χ1n) is 9.21. The van der Waals surface area contributed by atoms with Crippen LogP contribution in [0, 0.1) is 12.7 Å². The highest BCUT2D eigenvalue weighted by molar-refractivity contribution is 7.92. The molecule has 3 aromatic rings. The summed E-state index contributed by atoms with van der Waals surface area (Å²) < 4.78 is 46.0. The number of amides is 1. The number of nitrogens with one attached hydrogen (secondary N) is 2. The molecule has 3 rings (SSSR count). The zero-order valence-corrected chi connectivity index (χ0v) is 17.1. The lowest BCUT2D eigenvalue weighted by atomic mass is 10.1. The molecule has 0 unspecified atom stereocenters. The minimum Gasteiger partial charge on any atom is -0.492 e. The van der Waals surface area contributed by atoms with Gasteiger partial charge in [0, 0.05) is 5.56 Å². The molecule has 0 bridgehead atoms. The van der Waals surface area contributed by atoms with Crippen LogP contribution in [0.2, 0.25) is 0 Å². The van der Waals surface area contributed by atoms with Crippen molar-refractivity contribution >= 4 is 21.6 Å². The molecular weight excluding hydrogens is 407 g/mol. The summed E-state index contributed by atoms with van der Waals surface area (Å²) in [5.41, 5.74) is 1.19. The Hall–Kier alpha value is -3.39. The zero-order valence-electron chi connectivity index (χ0n) is 16.3. The van der Waals surface area contributed by atoms with Gasteiger partial charge in [0.05, 0.1) is 17.1 Å². The second-order valence-electron chi connectivity index (χ2n) is 6.45. The Bertz CT molecular complexity index is 1120. The smallest absolute Gasteiger partial charge is 0.261 e. The molecule has 0 saturated heterocycles. The minimum atomic E-state index is -3.76. The lowest BCUT2D eigenvalue weighted by Crippen LogP contribution is -2.29. The summed E-state index contributed by atoms with van der Waals surface area (Å²) in [6.07, 6.45) is 0. The zero-order chi connectivity index (χ0) is 21.6. The SMILES string of the molecule is Cc1c(NS(=O)(=O)c2ccccc2)cccc1C(=O)NCCOc1ccc(F)cc1. The second-order valence-corrected chi connectivity index (χ2v) is 8.14. The normalized spacial score (nSPS) is 11.0. The number of benzene rings is 3. The van der Waals surface area contributed by atoms with Crippen molar-refractivity contribution in [3.05, 3.63) is 89.7 Å². The van der Waals surface area contributed by atoms with Gasteiger partial charge in [-0.25, -0.2) is 12.8 Å². The number of rotatable bonds is 8. The fraction of sp³-hybridized carbons (Fsp3) is 0.136. The van der Waals surface area contributed by atoms with E-state index in [4.69, 9.17) is 4.74 Å². The predicted octanol–water partition coefficient (Wildman–Crippen LogP) is 3.74. The van der Waals surface area contributed by atoms with Gasteiger partial charge in [0.1, 0.15) is 18.2 Å². The highest BCUT2D eigenvalue weighted by Crippen LogP contribution is 2.22. The Labute approximate surface area is 174 Å². The van der Waals surface area contributed by atoms with E-state index in [0.29, 0.717) is 22.6 Å². The number of carbonyl (C=O) groups excluding carboxylic acids is 1. The molecule has 0 saturated carbocycles. The molecule has 0 aliphatic carbocycles. The van der Waals surface area contributed by atoms with E-state index in [1.807, 2.05) is 0 Å². The number of hydrogen-bond donors (Lipinski definition) is 2. The first-order chi connectivity index (χ1) is 14.4. The van der Waals surface area contributed by atoms with E-state index in [0.717, 1.165) is 0 Å². The Morgan fingerprint density at radius 1 is 0.967 bits per heavy atom. The van der Waals surface area contributed by atoms with Crippen molar-refractivity contribution in [2.45, 2.75) is 11.8 Å². The van der Waals surface area contributed by atoms with Crippen molar-refractivity contribution < 1.29 is 22.3 Å². The summed E-state index contributed by atoms with van der Waals surface area (Å²) in [5, 5.41) is 2.73. The Kier molecular flexibility index (Phi) is 6.68. The van der Waals surface area contributed by atoms with Gasteiger partial charge in [-0.2, -0.15) is 0 Å². The fourth-order valence-electron chi connectivity index (χ4n) is 2.76. The molecule has 8 heteroatoms. The monoisotopic (exact) mass is 428 g/mol. The average Bonchev–Trinajstić information content (AvgIpc) is 2.74. The van der Waals surface area contributed by atoms with Gasteiger partial charge >= 0.3 is 0 Å². The van der Waals surface area contributed by atoms with E-state index in [1.165, 1.54) is 36.4 Å². The van der Waals surface area contributed by atoms with Crippen LogP contribution in [0.15, 0.2) is 77.7 Å². The maximum absolute atomic E-state index is 12.9. The third kappa shape index (κ3) is 5.36. The summed E-state index contributed by atoms with van der Waals surface area (Å²) in [4.78, 5) is 12.7. The number of carbonyl (C=O) groups is 1. The molecule has 0 aliphatic rings. The molecule has 3 aromatic carbocycles. The van der Waals surface area contributed by atoms with Gasteiger partial charge in [0.2, 0.25) is 0 Å². The number of halogens is 1. The summed E-state index contributed by atoms with van der Waals surface area (Å²) in [7, 11) is -3.76.